The molecule has 10 aromatic rings. The molecule has 0 aliphatic rings. The molecule has 246 valence electrons. The first kappa shape index (κ1) is 30.1. The van der Waals surface area contributed by atoms with Gasteiger partial charge in [-0.3, -0.25) is 0 Å². The summed E-state index contributed by atoms with van der Waals surface area (Å²) in [7, 11) is 0. The fourth-order valence-corrected chi connectivity index (χ4v) is 7.62. The Balaban J connectivity index is 1.21. The number of fused-ring (bicyclic) bond motifs is 6. The van der Waals surface area contributed by atoms with Crippen LogP contribution in [-0.4, -0.2) is 23.9 Å². The van der Waals surface area contributed by atoms with Crippen LogP contribution in [0.5, 0.6) is 0 Å². The number of nitrogens with zero attached hydrogens (tertiary/aromatic N) is 7. The highest BCUT2D eigenvalue weighted by Crippen LogP contribution is 2.40. The molecule has 0 spiro atoms. The maximum Gasteiger partial charge on any atom is 0.182 e. The highest BCUT2D eigenvalue weighted by atomic mass is 15.4. The summed E-state index contributed by atoms with van der Waals surface area (Å²) in [5, 5.41) is 28.5. The summed E-state index contributed by atoms with van der Waals surface area (Å²) in [4.78, 5) is 5.16. The molecular formula is C46H27N7. The van der Waals surface area contributed by atoms with Gasteiger partial charge in [0.1, 0.15) is 0 Å². The van der Waals surface area contributed by atoms with Gasteiger partial charge in [0, 0.05) is 44.0 Å². The Bertz CT molecular complexity index is 3070. The minimum atomic E-state index is 0.536. The van der Waals surface area contributed by atoms with Crippen LogP contribution in [0.3, 0.4) is 0 Å². The molecule has 10 rings (SSSR count). The minimum Gasteiger partial charge on any atom is -0.309 e. The molecular weight excluding hydrogens is 651 g/mol. The molecule has 7 heteroatoms. The van der Waals surface area contributed by atoms with E-state index in [0.717, 1.165) is 61.0 Å². The first-order chi connectivity index (χ1) is 26.2. The van der Waals surface area contributed by atoms with Crippen molar-refractivity contribution in [2.24, 2.45) is 0 Å². The molecule has 0 saturated carbocycles. The Morgan fingerprint density at radius 3 is 1.58 bits per heavy atom. The van der Waals surface area contributed by atoms with E-state index in [1.54, 1.807) is 24.3 Å². The lowest BCUT2D eigenvalue weighted by atomic mass is 10.1. The van der Waals surface area contributed by atoms with Gasteiger partial charge in [-0.25, -0.2) is 9.67 Å². The van der Waals surface area contributed by atoms with E-state index in [1.807, 2.05) is 28.9 Å². The van der Waals surface area contributed by atoms with Crippen molar-refractivity contribution in [2.75, 3.05) is 0 Å². The lowest BCUT2D eigenvalue weighted by Crippen LogP contribution is -2.00. The van der Waals surface area contributed by atoms with Crippen LogP contribution >= 0.6 is 0 Å². The number of nitriles is 2. The van der Waals surface area contributed by atoms with Crippen molar-refractivity contribution in [3.8, 4) is 52.0 Å². The van der Waals surface area contributed by atoms with Crippen LogP contribution in [0.4, 0.5) is 0 Å². The van der Waals surface area contributed by atoms with Crippen LogP contribution in [-0.2, 0) is 0 Å². The zero-order chi connectivity index (χ0) is 35.5. The van der Waals surface area contributed by atoms with E-state index in [2.05, 4.69) is 137 Å². The summed E-state index contributed by atoms with van der Waals surface area (Å²) in [5.74, 6) is 1.20. The normalized spacial score (nSPS) is 11.4. The number of hydrogen-bond donors (Lipinski definition) is 0. The summed E-state index contributed by atoms with van der Waals surface area (Å²) in [6.07, 6.45) is 0. The van der Waals surface area contributed by atoms with Gasteiger partial charge >= 0.3 is 0 Å². The SMILES string of the molecule is N#Cc1ccc(-c2nc(-c3cccc4c3c3ccccc3n4-c3cccc(-n4c5ccccc5c5ccccc54)c3)n(-c3ccc(C#N)cc3)n2)cc1. The van der Waals surface area contributed by atoms with E-state index >= 15 is 0 Å². The van der Waals surface area contributed by atoms with Gasteiger partial charge in [0.2, 0.25) is 0 Å². The Morgan fingerprint density at radius 2 is 0.962 bits per heavy atom. The summed E-state index contributed by atoms with van der Waals surface area (Å²) in [5.41, 5.74) is 10.2. The maximum absolute atomic E-state index is 9.50. The molecule has 7 aromatic carbocycles. The van der Waals surface area contributed by atoms with Crippen LogP contribution < -0.4 is 0 Å². The first-order valence-electron chi connectivity index (χ1n) is 17.3. The van der Waals surface area contributed by atoms with Crippen LogP contribution in [0.25, 0.3) is 83.4 Å². The second-order valence-corrected chi connectivity index (χ2v) is 13.0. The molecule has 0 unspecified atom stereocenters. The minimum absolute atomic E-state index is 0.536. The highest BCUT2D eigenvalue weighted by Gasteiger charge is 2.22. The quantitative estimate of drug-likeness (QED) is 0.181. The van der Waals surface area contributed by atoms with Gasteiger partial charge in [0.15, 0.2) is 11.6 Å². The van der Waals surface area contributed by atoms with Crippen molar-refractivity contribution >= 4 is 43.6 Å². The van der Waals surface area contributed by atoms with Gasteiger partial charge in [-0.15, -0.1) is 5.10 Å². The van der Waals surface area contributed by atoms with Gasteiger partial charge in [-0.05, 0) is 91.0 Å². The molecule has 53 heavy (non-hydrogen) atoms. The standard InChI is InChI=1S/C46H27N7/c47-28-30-19-23-32(24-20-30)45-49-46(53(50-45)33-25-21-31(29-48)22-26-33)39-14-8-18-43-44(39)38-13-3-6-17-42(38)52(43)35-10-7-9-34(27-35)51-40-15-4-1-11-36(40)37-12-2-5-16-41(37)51/h1-27H. The molecule has 3 heterocycles. The topological polar surface area (TPSA) is 88.1 Å². The third kappa shape index (κ3) is 4.73. The third-order valence-corrected chi connectivity index (χ3v) is 9.99. The predicted octanol–water partition coefficient (Wildman–Crippen LogP) is 10.5. The largest absolute Gasteiger partial charge is 0.309 e. The van der Waals surface area contributed by atoms with Crippen molar-refractivity contribution in [1.82, 2.24) is 23.9 Å². The van der Waals surface area contributed by atoms with Crippen LogP contribution in [0, 0.1) is 22.7 Å². The predicted molar refractivity (Wildman–Crippen MR) is 210 cm³/mol. The molecule has 0 fully saturated rings. The summed E-state index contributed by atoms with van der Waals surface area (Å²) in [6.45, 7) is 0. The third-order valence-electron chi connectivity index (χ3n) is 9.99. The van der Waals surface area contributed by atoms with Crippen LogP contribution in [0.2, 0.25) is 0 Å². The van der Waals surface area contributed by atoms with E-state index in [1.165, 1.54) is 10.8 Å². The fourth-order valence-electron chi connectivity index (χ4n) is 7.62. The first-order valence-corrected chi connectivity index (χ1v) is 17.3. The molecule has 0 N–H and O–H groups in total. The number of hydrogen-bond acceptors (Lipinski definition) is 4. The average molecular weight is 678 g/mol. The summed E-state index contributed by atoms with van der Waals surface area (Å²) >= 11 is 0. The van der Waals surface area contributed by atoms with Gasteiger partial charge in [-0.1, -0.05) is 72.8 Å². The lowest BCUT2D eigenvalue weighted by Gasteiger charge is -2.13. The second kappa shape index (κ2) is 11.9. The number of aromatic nitrogens is 5. The molecule has 0 saturated heterocycles. The molecule has 7 nitrogen and oxygen atoms in total. The van der Waals surface area contributed by atoms with E-state index < -0.39 is 0 Å². The summed E-state index contributed by atoms with van der Waals surface area (Å²) < 4.78 is 6.52. The monoisotopic (exact) mass is 677 g/mol. The number of benzene rings is 7. The fraction of sp³-hybridized carbons (Fsp3) is 0. The Hall–Kier alpha value is -7.74. The summed E-state index contributed by atoms with van der Waals surface area (Å²) in [6, 6.07) is 59.8. The molecule has 0 radical (unpaired) electrons. The highest BCUT2D eigenvalue weighted by molar-refractivity contribution is 6.15. The van der Waals surface area contributed by atoms with E-state index in [9.17, 15) is 10.5 Å². The van der Waals surface area contributed by atoms with Crippen LogP contribution in [0.1, 0.15) is 11.1 Å². The zero-order valence-electron chi connectivity index (χ0n) is 28.2. The number of para-hydroxylation sites is 3. The average Bonchev–Trinajstić information content (AvgIpc) is 3.92. The van der Waals surface area contributed by atoms with Gasteiger partial charge in [0.05, 0.1) is 51.0 Å². The molecule has 0 bridgehead atoms. The van der Waals surface area contributed by atoms with Gasteiger partial charge < -0.3 is 9.13 Å². The zero-order valence-corrected chi connectivity index (χ0v) is 28.2. The smallest absolute Gasteiger partial charge is 0.182 e. The Labute approximate surface area is 304 Å². The molecule has 0 aliphatic heterocycles. The van der Waals surface area contributed by atoms with E-state index in [0.29, 0.717) is 22.8 Å². The van der Waals surface area contributed by atoms with Crippen molar-refractivity contribution in [3.05, 3.63) is 175 Å². The van der Waals surface area contributed by atoms with Gasteiger partial charge in [0.25, 0.3) is 0 Å². The molecule has 0 aliphatic carbocycles. The van der Waals surface area contributed by atoms with E-state index in [4.69, 9.17) is 10.1 Å². The van der Waals surface area contributed by atoms with Crippen molar-refractivity contribution in [1.29, 1.82) is 10.5 Å². The number of rotatable bonds is 5. The molecule has 3 aromatic heterocycles. The Morgan fingerprint density at radius 1 is 0.453 bits per heavy atom. The van der Waals surface area contributed by atoms with E-state index in [-0.39, 0.29) is 0 Å². The van der Waals surface area contributed by atoms with Crippen molar-refractivity contribution in [2.45, 2.75) is 0 Å². The lowest BCUT2D eigenvalue weighted by molar-refractivity contribution is 0.891. The van der Waals surface area contributed by atoms with Crippen LogP contribution in [0.15, 0.2) is 164 Å². The van der Waals surface area contributed by atoms with Gasteiger partial charge in [-0.2, -0.15) is 10.5 Å². The van der Waals surface area contributed by atoms with Crippen molar-refractivity contribution in [3.63, 3.8) is 0 Å². The second-order valence-electron chi connectivity index (χ2n) is 13.0. The molecule has 0 amide bonds. The maximum atomic E-state index is 9.50. The van der Waals surface area contributed by atoms with Crippen molar-refractivity contribution < 1.29 is 0 Å². The Kier molecular flexibility index (Phi) is 6.79. The molecule has 0 atom stereocenters.